The zero-order valence-corrected chi connectivity index (χ0v) is 11.4. The molecule has 1 aromatic rings. The van der Waals surface area contributed by atoms with Crippen molar-refractivity contribution in [1.29, 1.82) is 0 Å². The molecule has 18 heavy (non-hydrogen) atoms. The van der Waals surface area contributed by atoms with Crippen LogP contribution >= 0.6 is 15.9 Å². The van der Waals surface area contributed by atoms with Gasteiger partial charge in [0.05, 0.1) is 5.56 Å². The predicted molar refractivity (Wildman–Crippen MR) is 70.5 cm³/mol. The summed E-state index contributed by atoms with van der Waals surface area (Å²) < 4.78 is 13.0. The van der Waals surface area contributed by atoms with Crippen molar-refractivity contribution in [2.75, 3.05) is 6.54 Å². The Morgan fingerprint density at radius 1 is 1.50 bits per heavy atom. The normalized spacial score (nSPS) is 23.0. The summed E-state index contributed by atoms with van der Waals surface area (Å²) in [6, 6.07) is 3.36. The standard InChI is InChI=1S/C13H15BrFNO2/c14-9-2-1-8(5-9)7-16-13(18)11-6-10(15)3-4-12(11)17/h3-4,6,8-9,17H,1-2,5,7H2,(H,16,18). The molecule has 1 saturated carbocycles. The van der Waals surface area contributed by atoms with Gasteiger partial charge < -0.3 is 10.4 Å². The van der Waals surface area contributed by atoms with Crippen molar-refractivity contribution in [2.45, 2.75) is 24.1 Å². The molecule has 1 aliphatic carbocycles. The molecule has 0 radical (unpaired) electrons. The highest BCUT2D eigenvalue weighted by molar-refractivity contribution is 9.09. The van der Waals surface area contributed by atoms with E-state index in [1.165, 1.54) is 6.07 Å². The highest BCUT2D eigenvalue weighted by atomic mass is 79.9. The second kappa shape index (κ2) is 5.69. The fourth-order valence-corrected chi connectivity index (χ4v) is 3.01. The third-order valence-corrected chi connectivity index (χ3v) is 4.06. The minimum absolute atomic E-state index is 0.0108. The van der Waals surface area contributed by atoms with E-state index in [-0.39, 0.29) is 11.3 Å². The molecule has 0 bridgehead atoms. The average Bonchev–Trinajstić information content (AvgIpc) is 2.75. The third kappa shape index (κ3) is 3.22. The van der Waals surface area contributed by atoms with Gasteiger partial charge in [-0.05, 0) is 43.4 Å². The molecule has 2 rings (SSSR count). The molecule has 0 spiro atoms. The lowest BCUT2D eigenvalue weighted by molar-refractivity contribution is 0.0944. The van der Waals surface area contributed by atoms with Gasteiger partial charge in [0.1, 0.15) is 11.6 Å². The Hall–Kier alpha value is -1.10. The molecule has 98 valence electrons. The lowest BCUT2D eigenvalue weighted by Crippen LogP contribution is -2.28. The maximum absolute atomic E-state index is 13.0. The molecule has 0 aliphatic heterocycles. The largest absolute Gasteiger partial charge is 0.507 e. The quantitative estimate of drug-likeness (QED) is 0.843. The molecule has 5 heteroatoms. The lowest BCUT2D eigenvalue weighted by Gasteiger charge is -2.11. The van der Waals surface area contributed by atoms with Crippen molar-refractivity contribution in [1.82, 2.24) is 5.32 Å². The number of halogens is 2. The van der Waals surface area contributed by atoms with Crippen LogP contribution < -0.4 is 5.32 Å². The summed E-state index contributed by atoms with van der Waals surface area (Å²) in [7, 11) is 0. The summed E-state index contributed by atoms with van der Waals surface area (Å²) in [6.45, 7) is 0.566. The van der Waals surface area contributed by atoms with Crippen LogP contribution in [0.25, 0.3) is 0 Å². The summed E-state index contributed by atoms with van der Waals surface area (Å²) in [5.41, 5.74) is -0.0108. The van der Waals surface area contributed by atoms with Gasteiger partial charge in [-0.15, -0.1) is 0 Å². The smallest absolute Gasteiger partial charge is 0.255 e. The molecule has 1 amide bonds. The number of alkyl halides is 1. The summed E-state index contributed by atoms with van der Waals surface area (Å²) in [4.78, 5) is 12.3. The summed E-state index contributed by atoms with van der Waals surface area (Å²) in [6.07, 6.45) is 3.23. The summed E-state index contributed by atoms with van der Waals surface area (Å²) in [5, 5.41) is 12.2. The topological polar surface area (TPSA) is 49.3 Å². The van der Waals surface area contributed by atoms with E-state index >= 15 is 0 Å². The molecule has 1 fully saturated rings. The van der Waals surface area contributed by atoms with Crippen LogP contribution in [-0.4, -0.2) is 22.4 Å². The summed E-state index contributed by atoms with van der Waals surface area (Å²) >= 11 is 3.55. The number of nitrogens with one attached hydrogen (secondary N) is 1. The molecule has 2 N–H and O–H groups in total. The second-order valence-corrected chi connectivity index (χ2v) is 5.94. The molecule has 0 saturated heterocycles. The van der Waals surface area contributed by atoms with Crippen molar-refractivity contribution < 1.29 is 14.3 Å². The van der Waals surface area contributed by atoms with Gasteiger partial charge in [0.2, 0.25) is 0 Å². The monoisotopic (exact) mass is 315 g/mol. The maximum Gasteiger partial charge on any atom is 0.255 e. The van der Waals surface area contributed by atoms with Gasteiger partial charge in [-0.2, -0.15) is 0 Å². The number of hydrogen-bond donors (Lipinski definition) is 2. The van der Waals surface area contributed by atoms with E-state index in [0.29, 0.717) is 17.3 Å². The predicted octanol–water partition coefficient (Wildman–Crippen LogP) is 2.82. The van der Waals surface area contributed by atoms with Crippen molar-refractivity contribution in [3.05, 3.63) is 29.6 Å². The average molecular weight is 316 g/mol. The van der Waals surface area contributed by atoms with Crippen molar-refractivity contribution >= 4 is 21.8 Å². The van der Waals surface area contributed by atoms with E-state index in [4.69, 9.17) is 0 Å². The van der Waals surface area contributed by atoms with Crippen LogP contribution in [0.2, 0.25) is 0 Å². The van der Waals surface area contributed by atoms with Crippen LogP contribution in [0.1, 0.15) is 29.6 Å². The fourth-order valence-electron chi connectivity index (χ4n) is 2.22. The Kier molecular flexibility index (Phi) is 4.22. The molecule has 0 aromatic heterocycles. The Bertz CT molecular complexity index is 453. The van der Waals surface area contributed by atoms with Crippen molar-refractivity contribution in [2.24, 2.45) is 5.92 Å². The Balaban J connectivity index is 1.93. The molecular formula is C13H15BrFNO2. The Morgan fingerprint density at radius 3 is 2.94 bits per heavy atom. The first-order valence-electron chi connectivity index (χ1n) is 5.97. The first-order valence-corrected chi connectivity index (χ1v) is 6.88. The van der Waals surface area contributed by atoms with Gasteiger partial charge >= 0.3 is 0 Å². The van der Waals surface area contributed by atoms with Gasteiger partial charge in [-0.25, -0.2) is 4.39 Å². The first kappa shape index (κ1) is 13.3. The second-order valence-electron chi connectivity index (χ2n) is 4.65. The highest BCUT2D eigenvalue weighted by Crippen LogP contribution is 2.30. The van der Waals surface area contributed by atoms with Gasteiger partial charge in [-0.3, -0.25) is 4.79 Å². The molecular weight excluding hydrogens is 301 g/mol. The third-order valence-electron chi connectivity index (χ3n) is 3.23. The number of carbonyl (C=O) groups is 1. The first-order chi connectivity index (χ1) is 8.56. The van der Waals surface area contributed by atoms with Crippen LogP contribution in [0.3, 0.4) is 0 Å². The van der Waals surface area contributed by atoms with E-state index in [0.717, 1.165) is 31.4 Å². The van der Waals surface area contributed by atoms with Crippen molar-refractivity contribution in [3.63, 3.8) is 0 Å². The maximum atomic E-state index is 13.0. The van der Waals surface area contributed by atoms with Crippen molar-refractivity contribution in [3.8, 4) is 5.75 Å². The van der Waals surface area contributed by atoms with E-state index < -0.39 is 11.7 Å². The number of hydrogen-bond acceptors (Lipinski definition) is 2. The van der Waals surface area contributed by atoms with Crippen LogP contribution in [-0.2, 0) is 0 Å². The molecule has 3 nitrogen and oxygen atoms in total. The number of amides is 1. The van der Waals surface area contributed by atoms with Gasteiger partial charge in [0, 0.05) is 11.4 Å². The van der Waals surface area contributed by atoms with Crippen LogP contribution in [0, 0.1) is 11.7 Å². The zero-order chi connectivity index (χ0) is 13.1. The SMILES string of the molecule is O=C(NCC1CCC(Br)C1)c1cc(F)ccc1O. The minimum atomic E-state index is -0.528. The van der Waals surface area contributed by atoms with Crippen LogP contribution in [0.4, 0.5) is 4.39 Å². The van der Waals surface area contributed by atoms with Crippen LogP contribution in [0.5, 0.6) is 5.75 Å². The fraction of sp³-hybridized carbons (Fsp3) is 0.462. The summed E-state index contributed by atoms with van der Waals surface area (Å²) in [5.74, 6) is -0.697. The van der Waals surface area contributed by atoms with Gasteiger partial charge in [-0.1, -0.05) is 15.9 Å². The highest BCUT2D eigenvalue weighted by Gasteiger charge is 2.23. The Labute approximate surface area is 114 Å². The zero-order valence-electron chi connectivity index (χ0n) is 9.83. The van der Waals surface area contributed by atoms with Gasteiger partial charge in [0.15, 0.2) is 0 Å². The number of benzene rings is 1. The molecule has 2 unspecified atom stereocenters. The van der Waals surface area contributed by atoms with Gasteiger partial charge in [0.25, 0.3) is 5.91 Å². The minimum Gasteiger partial charge on any atom is -0.507 e. The molecule has 0 heterocycles. The number of rotatable bonds is 3. The molecule has 1 aromatic carbocycles. The number of aromatic hydroxyl groups is 1. The van der Waals surface area contributed by atoms with E-state index in [9.17, 15) is 14.3 Å². The number of phenols is 1. The molecule has 1 aliphatic rings. The lowest BCUT2D eigenvalue weighted by atomic mass is 10.1. The van der Waals surface area contributed by atoms with E-state index in [2.05, 4.69) is 21.2 Å². The number of phenolic OH excluding ortho intramolecular Hbond substituents is 1. The van der Waals surface area contributed by atoms with E-state index in [1.807, 2.05) is 0 Å². The van der Waals surface area contributed by atoms with Crippen LogP contribution in [0.15, 0.2) is 18.2 Å². The number of carbonyl (C=O) groups excluding carboxylic acids is 1. The Morgan fingerprint density at radius 2 is 2.28 bits per heavy atom. The van der Waals surface area contributed by atoms with E-state index in [1.54, 1.807) is 0 Å². The molecule has 2 atom stereocenters.